The lowest BCUT2D eigenvalue weighted by Gasteiger charge is -2.38. The number of likely N-dealkylation sites (tertiary alicyclic amines) is 1. The summed E-state index contributed by atoms with van der Waals surface area (Å²) < 4.78 is 5.69. The van der Waals surface area contributed by atoms with Gasteiger partial charge < -0.3 is 9.64 Å². The number of pyridine rings is 1. The smallest absolute Gasteiger partial charge is 0.411 e. The lowest BCUT2D eigenvalue weighted by Crippen LogP contribution is -2.48. The maximum Gasteiger partial charge on any atom is 0.411 e. The molecule has 0 N–H and O–H groups in total. The number of nitrogens with zero attached hydrogens (tertiary/aromatic N) is 3. The van der Waals surface area contributed by atoms with E-state index in [1.165, 1.54) is 11.1 Å². The van der Waals surface area contributed by atoms with Gasteiger partial charge in [0.25, 0.3) is 0 Å². The van der Waals surface area contributed by atoms with Crippen LogP contribution in [0.4, 0.5) is 4.79 Å². The van der Waals surface area contributed by atoms with Gasteiger partial charge in [-0.1, -0.05) is 30.3 Å². The summed E-state index contributed by atoms with van der Waals surface area (Å²) >= 11 is 0. The fourth-order valence-electron chi connectivity index (χ4n) is 4.82. The fraction of sp³-hybridized carbons (Fsp3) is 0.409. The van der Waals surface area contributed by atoms with Crippen molar-refractivity contribution in [2.75, 3.05) is 13.1 Å². The Kier molecular flexibility index (Phi) is 4.26. The second-order valence-corrected chi connectivity index (χ2v) is 7.79. The largest absolute Gasteiger partial charge is 0.443 e. The second kappa shape index (κ2) is 6.93. The van der Waals surface area contributed by atoms with Gasteiger partial charge in [0.1, 0.15) is 6.10 Å². The molecule has 144 valence electrons. The van der Waals surface area contributed by atoms with Gasteiger partial charge in [0, 0.05) is 37.4 Å². The van der Waals surface area contributed by atoms with E-state index in [4.69, 9.17) is 4.74 Å². The third kappa shape index (κ3) is 2.93. The van der Waals surface area contributed by atoms with Crippen molar-refractivity contribution in [3.05, 3.63) is 65.5 Å². The van der Waals surface area contributed by atoms with E-state index in [1.807, 2.05) is 40.1 Å². The van der Waals surface area contributed by atoms with Gasteiger partial charge >= 0.3 is 6.09 Å². The number of amides is 2. The van der Waals surface area contributed by atoms with Crippen molar-refractivity contribution in [2.45, 2.75) is 43.9 Å². The van der Waals surface area contributed by atoms with Gasteiger partial charge in [-0.05, 0) is 36.1 Å². The van der Waals surface area contributed by atoms with Crippen LogP contribution in [0.15, 0.2) is 48.7 Å². The van der Waals surface area contributed by atoms with Gasteiger partial charge in [-0.15, -0.1) is 0 Å². The molecule has 0 saturated carbocycles. The van der Waals surface area contributed by atoms with Crippen molar-refractivity contribution in [3.63, 3.8) is 0 Å². The third-order valence-electron chi connectivity index (χ3n) is 6.18. The Bertz CT molecular complexity index is 893. The molecule has 1 aliphatic carbocycles. The molecule has 3 aliphatic rings. The van der Waals surface area contributed by atoms with Crippen LogP contribution in [0.25, 0.3) is 0 Å². The van der Waals surface area contributed by atoms with Gasteiger partial charge in [0.2, 0.25) is 5.91 Å². The van der Waals surface area contributed by atoms with Crippen LogP contribution < -0.4 is 0 Å². The SMILES string of the molecule is O=C(Cc1ccccn1)N1CCC(N2C(=O)O[C@@H]3Cc4ccccc4[C@@H]32)CC1. The molecular formula is C22H23N3O3. The zero-order valence-corrected chi connectivity index (χ0v) is 15.7. The molecule has 0 bridgehead atoms. The van der Waals surface area contributed by atoms with Crippen LogP contribution in [0.2, 0.25) is 0 Å². The average Bonchev–Trinajstić information content (AvgIpc) is 3.23. The summed E-state index contributed by atoms with van der Waals surface area (Å²) in [5.74, 6) is 0.102. The predicted octanol–water partition coefficient (Wildman–Crippen LogP) is 2.73. The first-order valence-electron chi connectivity index (χ1n) is 9.95. The van der Waals surface area contributed by atoms with Crippen LogP contribution in [0.3, 0.4) is 0 Å². The maximum atomic E-state index is 12.6. The molecule has 2 atom stereocenters. The van der Waals surface area contributed by atoms with Gasteiger partial charge in [0.05, 0.1) is 12.5 Å². The van der Waals surface area contributed by atoms with Crippen LogP contribution in [0, 0.1) is 0 Å². The van der Waals surface area contributed by atoms with Crippen LogP contribution >= 0.6 is 0 Å². The van der Waals surface area contributed by atoms with E-state index in [0.717, 1.165) is 25.0 Å². The highest BCUT2D eigenvalue weighted by Gasteiger charge is 2.50. The highest BCUT2D eigenvalue weighted by Crippen LogP contribution is 2.44. The zero-order valence-electron chi connectivity index (χ0n) is 15.7. The Morgan fingerprint density at radius 1 is 1.11 bits per heavy atom. The summed E-state index contributed by atoms with van der Waals surface area (Å²) in [7, 11) is 0. The second-order valence-electron chi connectivity index (χ2n) is 7.79. The maximum absolute atomic E-state index is 12.6. The Morgan fingerprint density at radius 2 is 1.89 bits per heavy atom. The summed E-state index contributed by atoms with van der Waals surface area (Å²) in [5, 5.41) is 0. The number of piperidine rings is 1. The van der Waals surface area contributed by atoms with E-state index in [2.05, 4.69) is 17.1 Å². The molecule has 2 amide bonds. The van der Waals surface area contributed by atoms with E-state index < -0.39 is 0 Å². The molecule has 2 saturated heterocycles. The first-order valence-corrected chi connectivity index (χ1v) is 9.95. The summed E-state index contributed by atoms with van der Waals surface area (Å²) in [6.07, 6.45) is 4.13. The zero-order chi connectivity index (χ0) is 19.1. The molecule has 1 aromatic heterocycles. The van der Waals surface area contributed by atoms with Gasteiger partial charge in [-0.25, -0.2) is 4.79 Å². The molecular weight excluding hydrogens is 354 g/mol. The number of rotatable bonds is 3. The summed E-state index contributed by atoms with van der Waals surface area (Å²) in [4.78, 5) is 33.2. The average molecular weight is 377 g/mol. The summed E-state index contributed by atoms with van der Waals surface area (Å²) in [6, 6.07) is 14.1. The standard InChI is InChI=1S/C22H23N3O3/c26-20(14-16-6-3-4-10-23-16)24-11-8-17(9-12-24)25-21-18-7-2-1-5-15(18)13-19(21)28-22(25)27/h1-7,10,17,19,21H,8-9,11-14H2/t19-,21+/m1/s1. The minimum Gasteiger partial charge on any atom is -0.443 e. The van der Waals surface area contributed by atoms with Gasteiger partial charge in [-0.3, -0.25) is 14.7 Å². The van der Waals surface area contributed by atoms with E-state index in [-0.39, 0.29) is 30.2 Å². The predicted molar refractivity (Wildman–Crippen MR) is 103 cm³/mol. The molecule has 6 nitrogen and oxygen atoms in total. The molecule has 2 fully saturated rings. The van der Waals surface area contributed by atoms with Gasteiger partial charge in [-0.2, -0.15) is 0 Å². The number of benzene rings is 1. The Balaban J connectivity index is 1.25. The quantitative estimate of drug-likeness (QED) is 0.825. The Morgan fingerprint density at radius 3 is 2.68 bits per heavy atom. The fourth-order valence-corrected chi connectivity index (χ4v) is 4.82. The van der Waals surface area contributed by atoms with E-state index in [1.54, 1.807) is 6.20 Å². The Hall–Kier alpha value is -2.89. The molecule has 28 heavy (non-hydrogen) atoms. The topological polar surface area (TPSA) is 62.7 Å². The number of carbonyl (C=O) groups is 2. The van der Waals surface area contributed by atoms with Crippen molar-refractivity contribution in [2.24, 2.45) is 0 Å². The van der Waals surface area contributed by atoms with Crippen molar-refractivity contribution < 1.29 is 14.3 Å². The highest BCUT2D eigenvalue weighted by molar-refractivity contribution is 5.78. The van der Waals surface area contributed by atoms with Crippen molar-refractivity contribution in [1.82, 2.24) is 14.8 Å². The molecule has 1 aromatic carbocycles. The first kappa shape index (κ1) is 17.2. The normalized spacial score (nSPS) is 24.1. The molecule has 6 heteroatoms. The highest BCUT2D eigenvalue weighted by atomic mass is 16.6. The van der Waals surface area contributed by atoms with Crippen LogP contribution in [0.1, 0.15) is 35.7 Å². The van der Waals surface area contributed by atoms with Gasteiger partial charge in [0.15, 0.2) is 0 Å². The van der Waals surface area contributed by atoms with Crippen LogP contribution in [0.5, 0.6) is 0 Å². The molecule has 0 radical (unpaired) electrons. The number of hydrogen-bond acceptors (Lipinski definition) is 4. The Labute approximate surface area is 164 Å². The van der Waals surface area contributed by atoms with Crippen molar-refractivity contribution in [3.8, 4) is 0 Å². The minimum atomic E-state index is -0.206. The molecule has 0 spiro atoms. The van der Waals surface area contributed by atoms with Crippen molar-refractivity contribution in [1.29, 1.82) is 0 Å². The molecule has 2 aliphatic heterocycles. The van der Waals surface area contributed by atoms with E-state index >= 15 is 0 Å². The summed E-state index contributed by atoms with van der Waals surface area (Å²) in [6.45, 7) is 1.33. The third-order valence-corrected chi connectivity index (χ3v) is 6.18. The molecule has 5 rings (SSSR count). The number of hydrogen-bond donors (Lipinski definition) is 0. The number of fused-ring (bicyclic) bond motifs is 3. The van der Waals surface area contributed by atoms with E-state index in [9.17, 15) is 9.59 Å². The van der Waals surface area contributed by atoms with Crippen LogP contribution in [-0.2, 0) is 22.4 Å². The van der Waals surface area contributed by atoms with E-state index in [0.29, 0.717) is 19.5 Å². The molecule has 3 heterocycles. The molecule has 2 aromatic rings. The van der Waals surface area contributed by atoms with Crippen LogP contribution in [-0.4, -0.2) is 52.0 Å². The van der Waals surface area contributed by atoms with Crippen molar-refractivity contribution >= 4 is 12.0 Å². The summed E-state index contributed by atoms with van der Waals surface area (Å²) in [5.41, 5.74) is 3.29. The lowest BCUT2D eigenvalue weighted by atomic mass is 9.99. The number of carbonyl (C=O) groups excluding carboxylic acids is 2. The number of ether oxygens (including phenoxy) is 1. The first-order chi connectivity index (χ1) is 13.7. The number of aromatic nitrogens is 1. The lowest BCUT2D eigenvalue weighted by molar-refractivity contribution is -0.132. The monoisotopic (exact) mass is 377 g/mol. The minimum absolute atomic E-state index is 0.0180. The molecule has 0 unspecified atom stereocenters.